The maximum Gasteiger partial charge on any atom is 0.245 e. The monoisotopic (exact) mass is 287 g/mol. The van der Waals surface area contributed by atoms with Gasteiger partial charge in [0.2, 0.25) is 11.7 Å². The van der Waals surface area contributed by atoms with Gasteiger partial charge >= 0.3 is 0 Å². The Kier molecular flexibility index (Phi) is 2.97. The zero-order valence-electron chi connectivity index (χ0n) is 10.7. The van der Waals surface area contributed by atoms with Gasteiger partial charge < -0.3 is 14.3 Å². The Morgan fingerprint density at radius 2 is 2.25 bits per heavy atom. The molecule has 0 aliphatic carbocycles. The molecular weight excluding hydrogens is 274 g/mol. The van der Waals surface area contributed by atoms with E-state index in [9.17, 15) is 0 Å². The lowest BCUT2D eigenvalue weighted by Gasteiger charge is -2.19. The van der Waals surface area contributed by atoms with Crippen molar-refractivity contribution in [1.82, 2.24) is 15.5 Å². The largest absolute Gasteiger partial charge is 0.453 e. The zero-order chi connectivity index (χ0) is 13.4. The lowest BCUT2D eigenvalue weighted by Crippen LogP contribution is -2.30. The summed E-state index contributed by atoms with van der Waals surface area (Å²) >= 11 is 1.89. The molecular formula is C14H13N3O2S. The molecule has 0 saturated carbocycles. The van der Waals surface area contributed by atoms with Crippen LogP contribution in [0.2, 0.25) is 0 Å². The minimum absolute atomic E-state index is 0.138. The molecule has 3 heterocycles. The standard InChI is InChI=1S/C14H13N3O2S/c1-2-4-11-9(3-1)7-12(18-11)13-16-14(19-17-13)10-8-20-6-5-15-10/h1-4,7,10,15H,5-6,8H2. The highest BCUT2D eigenvalue weighted by atomic mass is 32.2. The maximum atomic E-state index is 5.74. The van der Waals surface area contributed by atoms with Crippen molar-refractivity contribution in [2.75, 3.05) is 18.1 Å². The fourth-order valence-electron chi connectivity index (χ4n) is 2.29. The second-order valence-corrected chi connectivity index (χ2v) is 5.84. The van der Waals surface area contributed by atoms with Crippen LogP contribution >= 0.6 is 11.8 Å². The predicted octanol–water partition coefficient (Wildman–Crippen LogP) is 2.86. The molecule has 3 aromatic rings. The van der Waals surface area contributed by atoms with Crippen LogP contribution in [0.1, 0.15) is 11.9 Å². The van der Waals surface area contributed by atoms with Gasteiger partial charge in [-0.1, -0.05) is 23.4 Å². The van der Waals surface area contributed by atoms with Crippen molar-refractivity contribution in [1.29, 1.82) is 0 Å². The molecule has 20 heavy (non-hydrogen) atoms. The average molecular weight is 287 g/mol. The van der Waals surface area contributed by atoms with E-state index in [1.54, 1.807) is 0 Å². The number of aromatic nitrogens is 2. The second-order valence-electron chi connectivity index (χ2n) is 4.69. The van der Waals surface area contributed by atoms with Crippen LogP contribution in [-0.4, -0.2) is 28.2 Å². The van der Waals surface area contributed by atoms with Crippen molar-refractivity contribution >= 4 is 22.7 Å². The van der Waals surface area contributed by atoms with Gasteiger partial charge in [-0.15, -0.1) is 0 Å². The van der Waals surface area contributed by atoms with Crippen molar-refractivity contribution in [2.45, 2.75) is 6.04 Å². The summed E-state index contributed by atoms with van der Waals surface area (Å²) in [5, 5.41) is 8.45. The lowest BCUT2D eigenvalue weighted by atomic mass is 10.2. The highest BCUT2D eigenvalue weighted by molar-refractivity contribution is 7.99. The summed E-state index contributed by atoms with van der Waals surface area (Å²) in [6.45, 7) is 0.970. The van der Waals surface area contributed by atoms with Gasteiger partial charge in [0.05, 0.1) is 6.04 Å². The first-order valence-corrected chi connectivity index (χ1v) is 7.69. The number of nitrogens with zero attached hydrogens (tertiary/aromatic N) is 2. The molecule has 4 rings (SSSR count). The quantitative estimate of drug-likeness (QED) is 0.782. The molecule has 0 spiro atoms. The average Bonchev–Trinajstić information content (AvgIpc) is 3.14. The topological polar surface area (TPSA) is 64.1 Å². The van der Waals surface area contributed by atoms with Crippen LogP contribution in [0.15, 0.2) is 39.3 Å². The van der Waals surface area contributed by atoms with E-state index < -0.39 is 0 Å². The van der Waals surface area contributed by atoms with Crippen molar-refractivity contribution in [3.8, 4) is 11.6 Å². The summed E-state index contributed by atoms with van der Waals surface area (Å²) in [6.07, 6.45) is 0. The van der Waals surface area contributed by atoms with Gasteiger partial charge in [0, 0.05) is 23.4 Å². The Balaban J connectivity index is 1.66. The fraction of sp³-hybridized carbons (Fsp3) is 0.286. The molecule has 6 heteroatoms. The highest BCUT2D eigenvalue weighted by Gasteiger charge is 2.22. The van der Waals surface area contributed by atoms with Crippen LogP contribution < -0.4 is 5.32 Å². The number of para-hydroxylation sites is 1. The van der Waals surface area contributed by atoms with Gasteiger partial charge in [0.15, 0.2) is 5.76 Å². The molecule has 1 saturated heterocycles. The molecule has 1 unspecified atom stereocenters. The summed E-state index contributed by atoms with van der Waals surface area (Å²) in [5.74, 6) is 3.87. The first-order chi connectivity index (χ1) is 9.90. The third-order valence-corrected chi connectivity index (χ3v) is 4.37. The van der Waals surface area contributed by atoms with Crippen LogP contribution in [0, 0.1) is 0 Å². The first-order valence-electron chi connectivity index (χ1n) is 6.54. The summed E-state index contributed by atoms with van der Waals surface area (Å²) < 4.78 is 11.1. The number of hydrogen-bond donors (Lipinski definition) is 1. The number of fused-ring (bicyclic) bond motifs is 1. The molecule has 1 fully saturated rings. The number of rotatable bonds is 2. The molecule has 1 atom stereocenters. The Labute approximate surface area is 119 Å². The first kappa shape index (κ1) is 12.0. The maximum absolute atomic E-state index is 5.74. The van der Waals surface area contributed by atoms with Crippen LogP contribution in [0.3, 0.4) is 0 Å². The Hall–Kier alpha value is -1.79. The molecule has 102 valence electrons. The van der Waals surface area contributed by atoms with E-state index >= 15 is 0 Å². The number of hydrogen-bond acceptors (Lipinski definition) is 6. The third-order valence-electron chi connectivity index (χ3n) is 3.31. The van der Waals surface area contributed by atoms with Gasteiger partial charge in [0.1, 0.15) is 5.58 Å². The minimum atomic E-state index is 0.138. The van der Waals surface area contributed by atoms with Gasteiger partial charge in [-0.25, -0.2) is 0 Å². The molecule has 1 aromatic carbocycles. The van der Waals surface area contributed by atoms with E-state index in [2.05, 4.69) is 15.5 Å². The van der Waals surface area contributed by atoms with Gasteiger partial charge in [-0.3, -0.25) is 0 Å². The Morgan fingerprint density at radius 3 is 3.10 bits per heavy atom. The molecule has 0 radical (unpaired) electrons. The minimum Gasteiger partial charge on any atom is -0.453 e. The van der Waals surface area contributed by atoms with Crippen molar-refractivity contribution in [2.24, 2.45) is 0 Å². The van der Waals surface area contributed by atoms with E-state index in [0.717, 1.165) is 29.0 Å². The molecule has 0 bridgehead atoms. The van der Waals surface area contributed by atoms with Crippen LogP contribution in [0.25, 0.3) is 22.6 Å². The van der Waals surface area contributed by atoms with Crippen LogP contribution in [0.4, 0.5) is 0 Å². The predicted molar refractivity (Wildman–Crippen MR) is 77.6 cm³/mol. The highest BCUT2D eigenvalue weighted by Crippen LogP contribution is 2.27. The zero-order valence-corrected chi connectivity index (χ0v) is 11.5. The normalized spacial score (nSPS) is 19.5. The molecule has 1 aliphatic rings. The van der Waals surface area contributed by atoms with E-state index in [-0.39, 0.29) is 6.04 Å². The molecule has 1 aliphatic heterocycles. The summed E-state index contributed by atoms with van der Waals surface area (Å²) in [6, 6.07) is 9.93. The molecule has 0 amide bonds. The van der Waals surface area contributed by atoms with Crippen LogP contribution in [-0.2, 0) is 0 Å². The summed E-state index contributed by atoms with van der Waals surface area (Å²) in [5.41, 5.74) is 0.834. The van der Waals surface area contributed by atoms with E-state index in [1.807, 2.05) is 42.1 Å². The molecule has 1 N–H and O–H groups in total. The van der Waals surface area contributed by atoms with E-state index in [0.29, 0.717) is 17.5 Å². The second kappa shape index (κ2) is 4.96. The molecule has 2 aromatic heterocycles. The van der Waals surface area contributed by atoms with Crippen molar-refractivity contribution in [3.63, 3.8) is 0 Å². The third kappa shape index (κ3) is 2.10. The lowest BCUT2D eigenvalue weighted by molar-refractivity contribution is 0.342. The van der Waals surface area contributed by atoms with Gasteiger partial charge in [0.25, 0.3) is 0 Å². The Morgan fingerprint density at radius 1 is 1.30 bits per heavy atom. The number of furan rings is 1. The number of benzene rings is 1. The van der Waals surface area contributed by atoms with E-state index in [1.165, 1.54) is 0 Å². The smallest absolute Gasteiger partial charge is 0.245 e. The summed E-state index contributed by atoms with van der Waals surface area (Å²) in [4.78, 5) is 4.45. The van der Waals surface area contributed by atoms with Gasteiger partial charge in [-0.2, -0.15) is 16.7 Å². The number of nitrogens with one attached hydrogen (secondary N) is 1. The van der Waals surface area contributed by atoms with E-state index in [4.69, 9.17) is 8.94 Å². The SMILES string of the molecule is c1ccc2oc(-c3noc(C4CSCCN4)n3)cc2c1. The van der Waals surface area contributed by atoms with Gasteiger partial charge in [-0.05, 0) is 12.1 Å². The number of thioether (sulfide) groups is 1. The van der Waals surface area contributed by atoms with Crippen molar-refractivity contribution < 1.29 is 8.94 Å². The Bertz CT molecular complexity index is 698. The summed E-state index contributed by atoms with van der Waals surface area (Å²) in [7, 11) is 0. The van der Waals surface area contributed by atoms with Crippen LogP contribution in [0.5, 0.6) is 0 Å². The molecule has 5 nitrogen and oxygen atoms in total. The fourth-order valence-corrected chi connectivity index (χ4v) is 3.22. The van der Waals surface area contributed by atoms with Crippen molar-refractivity contribution in [3.05, 3.63) is 36.2 Å².